The average molecular weight is 425 g/mol. The molecule has 0 radical (unpaired) electrons. The summed E-state index contributed by atoms with van der Waals surface area (Å²) in [6.07, 6.45) is 0. The minimum atomic E-state index is -3.91. The van der Waals surface area contributed by atoms with Gasteiger partial charge in [0.25, 0.3) is 15.9 Å². The van der Waals surface area contributed by atoms with Crippen molar-refractivity contribution >= 4 is 21.6 Å². The van der Waals surface area contributed by atoms with E-state index in [4.69, 9.17) is 4.74 Å². The number of rotatable bonds is 7. The van der Waals surface area contributed by atoms with Gasteiger partial charge in [-0.3, -0.25) is 9.52 Å². The molecule has 0 aromatic heterocycles. The average Bonchev–Trinajstić information content (AvgIpc) is 2.72. The first-order chi connectivity index (χ1) is 14.3. The molecule has 2 N–H and O–H groups in total. The Hall–Kier alpha value is -3.32. The Kier molecular flexibility index (Phi) is 6.42. The molecule has 0 spiro atoms. The Bertz CT molecular complexity index is 1140. The standard InChI is InChI=1S/C23H24N2O4S/c1-16-13-19(29-3)14-17(2)22(16)30(27,28)25-21-12-8-7-11-20(21)23(26)24-15-18-9-5-4-6-10-18/h4-14,25H,15H2,1-3H3,(H,24,26). The summed E-state index contributed by atoms with van der Waals surface area (Å²) >= 11 is 0. The number of hydrogen-bond donors (Lipinski definition) is 2. The van der Waals surface area contributed by atoms with Crippen molar-refractivity contribution in [2.24, 2.45) is 0 Å². The summed E-state index contributed by atoms with van der Waals surface area (Å²) in [4.78, 5) is 12.9. The van der Waals surface area contributed by atoms with Gasteiger partial charge < -0.3 is 10.1 Å². The number of nitrogens with one attached hydrogen (secondary N) is 2. The van der Waals surface area contributed by atoms with Gasteiger partial charge in [0.15, 0.2) is 0 Å². The molecule has 0 fully saturated rings. The number of carbonyl (C=O) groups is 1. The Labute approximate surface area is 177 Å². The van der Waals surface area contributed by atoms with Gasteiger partial charge in [-0.1, -0.05) is 42.5 Å². The van der Waals surface area contributed by atoms with E-state index in [2.05, 4.69) is 10.0 Å². The molecule has 1 amide bonds. The number of ether oxygens (including phenoxy) is 1. The number of sulfonamides is 1. The summed E-state index contributed by atoms with van der Waals surface area (Å²) in [5.74, 6) is 0.227. The normalized spacial score (nSPS) is 11.0. The third kappa shape index (κ3) is 4.80. The zero-order valence-electron chi connectivity index (χ0n) is 17.1. The number of benzene rings is 3. The monoisotopic (exact) mass is 424 g/mol. The third-order valence-electron chi connectivity index (χ3n) is 4.65. The number of methoxy groups -OCH3 is 1. The predicted octanol–water partition coefficient (Wildman–Crippen LogP) is 4.04. The van der Waals surface area contributed by atoms with Crippen molar-refractivity contribution in [1.29, 1.82) is 0 Å². The van der Waals surface area contributed by atoms with Crippen LogP contribution in [0.2, 0.25) is 0 Å². The summed E-state index contributed by atoms with van der Waals surface area (Å²) in [6, 6.07) is 19.4. The van der Waals surface area contributed by atoms with Gasteiger partial charge in [-0.2, -0.15) is 0 Å². The lowest BCUT2D eigenvalue weighted by molar-refractivity contribution is 0.0952. The Morgan fingerprint density at radius 1 is 0.933 bits per heavy atom. The molecule has 0 aliphatic heterocycles. The fourth-order valence-electron chi connectivity index (χ4n) is 3.29. The van der Waals surface area contributed by atoms with E-state index in [0.717, 1.165) is 5.56 Å². The van der Waals surface area contributed by atoms with Crippen molar-refractivity contribution < 1.29 is 17.9 Å². The fourth-order valence-corrected chi connectivity index (χ4v) is 4.83. The first-order valence-electron chi connectivity index (χ1n) is 9.41. The highest BCUT2D eigenvalue weighted by molar-refractivity contribution is 7.92. The van der Waals surface area contributed by atoms with Crippen LogP contribution in [0.4, 0.5) is 5.69 Å². The van der Waals surface area contributed by atoms with E-state index in [-0.39, 0.29) is 22.1 Å². The molecular weight excluding hydrogens is 400 g/mol. The van der Waals surface area contributed by atoms with Crippen LogP contribution in [-0.4, -0.2) is 21.4 Å². The van der Waals surface area contributed by atoms with Crippen LogP contribution >= 0.6 is 0 Å². The molecule has 3 rings (SSSR count). The van der Waals surface area contributed by atoms with Gasteiger partial charge in [-0.25, -0.2) is 8.42 Å². The van der Waals surface area contributed by atoms with Crippen molar-refractivity contribution in [2.45, 2.75) is 25.3 Å². The molecule has 0 saturated heterocycles. The van der Waals surface area contributed by atoms with Crippen LogP contribution in [0.1, 0.15) is 27.0 Å². The number of anilines is 1. The molecule has 30 heavy (non-hydrogen) atoms. The van der Waals surface area contributed by atoms with Crippen molar-refractivity contribution in [1.82, 2.24) is 5.32 Å². The van der Waals surface area contributed by atoms with Crippen molar-refractivity contribution in [3.05, 3.63) is 89.0 Å². The smallest absolute Gasteiger partial charge is 0.262 e. The second kappa shape index (κ2) is 9.00. The van der Waals surface area contributed by atoms with Gasteiger partial charge in [0.2, 0.25) is 0 Å². The summed E-state index contributed by atoms with van der Waals surface area (Å²) in [6.45, 7) is 3.77. The summed E-state index contributed by atoms with van der Waals surface area (Å²) in [7, 11) is -2.38. The lowest BCUT2D eigenvalue weighted by atomic mass is 10.1. The number of para-hydroxylation sites is 1. The van der Waals surface area contributed by atoms with Crippen LogP contribution in [0.15, 0.2) is 71.6 Å². The largest absolute Gasteiger partial charge is 0.497 e. The number of hydrogen-bond acceptors (Lipinski definition) is 4. The van der Waals surface area contributed by atoms with Crippen LogP contribution in [0.5, 0.6) is 5.75 Å². The molecule has 0 unspecified atom stereocenters. The van der Waals surface area contributed by atoms with E-state index < -0.39 is 10.0 Å². The zero-order valence-corrected chi connectivity index (χ0v) is 17.9. The molecule has 0 aliphatic rings. The van der Waals surface area contributed by atoms with E-state index in [0.29, 0.717) is 23.4 Å². The SMILES string of the molecule is COc1cc(C)c(S(=O)(=O)Nc2ccccc2C(=O)NCc2ccccc2)c(C)c1. The van der Waals surface area contributed by atoms with Gasteiger partial charge in [0, 0.05) is 6.54 Å². The minimum absolute atomic E-state index is 0.169. The van der Waals surface area contributed by atoms with Gasteiger partial charge in [0.1, 0.15) is 5.75 Å². The van der Waals surface area contributed by atoms with E-state index >= 15 is 0 Å². The first kappa shape index (κ1) is 21.4. The molecule has 3 aromatic carbocycles. The second-order valence-corrected chi connectivity index (χ2v) is 8.53. The number of carbonyl (C=O) groups excluding carboxylic acids is 1. The van der Waals surface area contributed by atoms with Gasteiger partial charge in [-0.05, 0) is 54.8 Å². The van der Waals surface area contributed by atoms with Crippen LogP contribution in [0, 0.1) is 13.8 Å². The summed E-state index contributed by atoms with van der Waals surface area (Å²) < 4.78 is 34.0. The summed E-state index contributed by atoms with van der Waals surface area (Å²) in [5.41, 5.74) is 2.54. The van der Waals surface area contributed by atoms with Crippen molar-refractivity contribution in [3.63, 3.8) is 0 Å². The number of aryl methyl sites for hydroxylation is 2. The van der Waals surface area contributed by atoms with E-state index in [1.165, 1.54) is 7.11 Å². The van der Waals surface area contributed by atoms with Crippen LogP contribution in [0.3, 0.4) is 0 Å². The molecule has 0 aliphatic carbocycles. The molecule has 6 nitrogen and oxygen atoms in total. The van der Waals surface area contributed by atoms with E-state index in [9.17, 15) is 13.2 Å². The zero-order chi connectivity index (χ0) is 21.7. The van der Waals surface area contributed by atoms with Gasteiger partial charge in [-0.15, -0.1) is 0 Å². The molecule has 3 aromatic rings. The third-order valence-corrected chi connectivity index (χ3v) is 6.32. The Morgan fingerprint density at radius 3 is 2.17 bits per heavy atom. The molecule has 0 bridgehead atoms. The van der Waals surface area contributed by atoms with Crippen LogP contribution < -0.4 is 14.8 Å². The molecule has 156 valence electrons. The maximum absolute atomic E-state index is 13.1. The van der Waals surface area contributed by atoms with Crippen LogP contribution in [0.25, 0.3) is 0 Å². The fraction of sp³-hybridized carbons (Fsp3) is 0.174. The van der Waals surface area contributed by atoms with Crippen molar-refractivity contribution in [3.8, 4) is 5.75 Å². The van der Waals surface area contributed by atoms with E-state index in [1.807, 2.05) is 30.3 Å². The van der Waals surface area contributed by atoms with Crippen molar-refractivity contribution in [2.75, 3.05) is 11.8 Å². The number of amides is 1. The lowest BCUT2D eigenvalue weighted by Gasteiger charge is -2.16. The maximum Gasteiger partial charge on any atom is 0.262 e. The highest BCUT2D eigenvalue weighted by atomic mass is 32.2. The van der Waals surface area contributed by atoms with E-state index in [1.54, 1.807) is 50.2 Å². The predicted molar refractivity (Wildman–Crippen MR) is 117 cm³/mol. The maximum atomic E-state index is 13.1. The molecular formula is C23H24N2O4S. The second-order valence-electron chi connectivity index (χ2n) is 6.91. The molecule has 0 heterocycles. The molecule has 0 saturated carbocycles. The highest BCUT2D eigenvalue weighted by Gasteiger charge is 2.23. The summed E-state index contributed by atoms with van der Waals surface area (Å²) in [5, 5.41) is 2.83. The topological polar surface area (TPSA) is 84.5 Å². The lowest BCUT2D eigenvalue weighted by Crippen LogP contribution is -2.25. The van der Waals surface area contributed by atoms with Gasteiger partial charge in [0.05, 0.1) is 23.3 Å². The first-order valence-corrected chi connectivity index (χ1v) is 10.9. The Morgan fingerprint density at radius 2 is 1.53 bits per heavy atom. The van der Waals surface area contributed by atoms with Gasteiger partial charge >= 0.3 is 0 Å². The minimum Gasteiger partial charge on any atom is -0.497 e. The quantitative estimate of drug-likeness (QED) is 0.599. The molecule has 0 atom stereocenters. The highest BCUT2D eigenvalue weighted by Crippen LogP contribution is 2.28. The Balaban J connectivity index is 1.86. The van der Waals surface area contributed by atoms with Crippen LogP contribution in [-0.2, 0) is 16.6 Å². The molecule has 7 heteroatoms.